The molecule has 3 aromatic rings. The van der Waals surface area contributed by atoms with Gasteiger partial charge in [-0.25, -0.2) is 13.1 Å². The summed E-state index contributed by atoms with van der Waals surface area (Å²) in [5, 5.41) is 7.89. The highest BCUT2D eigenvalue weighted by Gasteiger charge is 2.17. The third-order valence-electron chi connectivity index (χ3n) is 3.70. The van der Waals surface area contributed by atoms with Crippen LogP contribution in [0.4, 0.5) is 0 Å². The highest BCUT2D eigenvalue weighted by molar-refractivity contribution is 7.89. The molecule has 0 aliphatic heterocycles. The molecule has 136 valence electrons. The molecule has 8 nitrogen and oxygen atoms in total. The van der Waals surface area contributed by atoms with Crippen LogP contribution in [-0.2, 0) is 16.4 Å². The number of methoxy groups -OCH3 is 1. The van der Waals surface area contributed by atoms with Gasteiger partial charge in [0, 0.05) is 30.9 Å². The highest BCUT2D eigenvalue weighted by atomic mass is 32.2. The van der Waals surface area contributed by atoms with Crippen molar-refractivity contribution in [3.05, 3.63) is 54.2 Å². The predicted octanol–water partition coefficient (Wildman–Crippen LogP) is 1.97. The van der Waals surface area contributed by atoms with Crippen molar-refractivity contribution in [2.24, 2.45) is 0 Å². The summed E-state index contributed by atoms with van der Waals surface area (Å²) in [5.41, 5.74) is 1.36. The van der Waals surface area contributed by atoms with Crippen molar-refractivity contribution in [1.82, 2.24) is 19.9 Å². The molecule has 2 heterocycles. The third kappa shape index (κ3) is 4.06. The number of hydrogen-bond donors (Lipinski definition) is 1. The van der Waals surface area contributed by atoms with Gasteiger partial charge in [-0.15, -0.1) is 10.2 Å². The fraction of sp³-hybridized carbons (Fsp3) is 0.235. The van der Waals surface area contributed by atoms with Gasteiger partial charge in [-0.3, -0.25) is 4.98 Å². The molecule has 0 saturated carbocycles. The van der Waals surface area contributed by atoms with Crippen LogP contribution in [0.15, 0.2) is 52.0 Å². The van der Waals surface area contributed by atoms with Crippen LogP contribution >= 0.6 is 0 Å². The first-order chi connectivity index (χ1) is 12.5. The molecular formula is C17H18N4O4S. The maximum absolute atomic E-state index is 12.4. The molecule has 0 atom stereocenters. The Kier molecular flexibility index (Phi) is 5.29. The lowest BCUT2D eigenvalue weighted by molar-refractivity contribution is 0.414. The molecule has 1 N–H and O–H groups in total. The number of nitrogens with one attached hydrogen (secondary N) is 1. The largest absolute Gasteiger partial charge is 0.497 e. The summed E-state index contributed by atoms with van der Waals surface area (Å²) < 4.78 is 38.1. The van der Waals surface area contributed by atoms with Gasteiger partial charge in [0.1, 0.15) is 5.75 Å². The topological polar surface area (TPSA) is 107 Å². The van der Waals surface area contributed by atoms with Crippen LogP contribution in [0.2, 0.25) is 0 Å². The Morgan fingerprint density at radius 3 is 2.62 bits per heavy atom. The van der Waals surface area contributed by atoms with Crippen molar-refractivity contribution >= 4 is 10.0 Å². The minimum atomic E-state index is -3.64. The highest BCUT2D eigenvalue weighted by Crippen LogP contribution is 2.21. The standard InChI is InChI=1S/C17H18N4O4S/c1-12-11-14(24-2)3-4-15(12)26(22,23)19-10-7-16-20-21-17(25-16)13-5-8-18-9-6-13/h3-6,8-9,11,19H,7,10H2,1-2H3. The molecule has 2 aromatic heterocycles. The van der Waals surface area contributed by atoms with Gasteiger partial charge in [0.2, 0.25) is 21.8 Å². The Hall–Kier alpha value is -2.78. The summed E-state index contributed by atoms with van der Waals surface area (Å²) >= 11 is 0. The monoisotopic (exact) mass is 374 g/mol. The second kappa shape index (κ2) is 7.63. The van der Waals surface area contributed by atoms with Gasteiger partial charge in [0.25, 0.3) is 0 Å². The Labute approximate surface area is 151 Å². The van der Waals surface area contributed by atoms with E-state index in [1.165, 1.54) is 13.2 Å². The van der Waals surface area contributed by atoms with Crippen LogP contribution in [0, 0.1) is 6.92 Å². The van der Waals surface area contributed by atoms with Gasteiger partial charge in [-0.1, -0.05) is 0 Å². The van der Waals surface area contributed by atoms with Crippen molar-refractivity contribution in [3.63, 3.8) is 0 Å². The maximum atomic E-state index is 12.4. The van der Waals surface area contributed by atoms with E-state index >= 15 is 0 Å². The molecule has 26 heavy (non-hydrogen) atoms. The summed E-state index contributed by atoms with van der Waals surface area (Å²) in [6.45, 7) is 1.86. The lowest BCUT2D eigenvalue weighted by atomic mass is 10.2. The Balaban J connectivity index is 1.63. The molecule has 0 bridgehead atoms. The van der Waals surface area contributed by atoms with Crippen LogP contribution < -0.4 is 9.46 Å². The quantitative estimate of drug-likeness (QED) is 0.673. The number of nitrogens with zero attached hydrogens (tertiary/aromatic N) is 3. The molecular weight excluding hydrogens is 356 g/mol. The van der Waals surface area contributed by atoms with Gasteiger partial charge in [-0.05, 0) is 42.8 Å². The number of aromatic nitrogens is 3. The van der Waals surface area contributed by atoms with Gasteiger partial charge in [0.15, 0.2) is 0 Å². The number of ether oxygens (including phenoxy) is 1. The first-order valence-corrected chi connectivity index (χ1v) is 9.35. The summed E-state index contributed by atoms with van der Waals surface area (Å²) in [7, 11) is -2.10. The van der Waals surface area contributed by atoms with E-state index in [0.717, 1.165) is 5.56 Å². The normalized spacial score (nSPS) is 11.5. The number of aryl methyl sites for hydroxylation is 1. The van der Waals surface area contributed by atoms with Crippen LogP contribution in [0.25, 0.3) is 11.5 Å². The van der Waals surface area contributed by atoms with E-state index in [-0.39, 0.29) is 17.9 Å². The van der Waals surface area contributed by atoms with Crippen LogP contribution in [0.3, 0.4) is 0 Å². The molecule has 1 aromatic carbocycles. The molecule has 0 aliphatic carbocycles. The number of sulfonamides is 1. The zero-order valence-corrected chi connectivity index (χ0v) is 15.2. The smallest absolute Gasteiger partial charge is 0.247 e. The molecule has 9 heteroatoms. The van der Waals surface area contributed by atoms with E-state index in [4.69, 9.17) is 9.15 Å². The summed E-state index contributed by atoms with van der Waals surface area (Å²) in [6.07, 6.45) is 3.54. The van der Waals surface area contributed by atoms with Crippen LogP contribution in [0.1, 0.15) is 11.5 Å². The number of pyridine rings is 1. The first-order valence-electron chi connectivity index (χ1n) is 7.86. The van der Waals surface area contributed by atoms with E-state index in [1.807, 2.05) is 0 Å². The average molecular weight is 374 g/mol. The summed E-state index contributed by atoms with van der Waals surface area (Å²) in [6, 6.07) is 8.32. The zero-order chi connectivity index (χ0) is 18.6. The molecule has 0 saturated heterocycles. The Morgan fingerprint density at radius 2 is 1.92 bits per heavy atom. The van der Waals surface area contributed by atoms with Crippen LogP contribution in [-0.4, -0.2) is 37.3 Å². The maximum Gasteiger partial charge on any atom is 0.247 e. The van der Waals surface area contributed by atoms with Crippen molar-refractivity contribution in [2.75, 3.05) is 13.7 Å². The predicted molar refractivity (Wildman–Crippen MR) is 94.2 cm³/mol. The van der Waals surface area contributed by atoms with Gasteiger partial charge >= 0.3 is 0 Å². The van der Waals surface area contributed by atoms with E-state index in [0.29, 0.717) is 23.1 Å². The second-order valence-corrected chi connectivity index (χ2v) is 7.25. The molecule has 3 rings (SSSR count). The molecule has 0 spiro atoms. The van der Waals surface area contributed by atoms with Gasteiger partial charge in [0.05, 0.1) is 12.0 Å². The van der Waals surface area contributed by atoms with E-state index < -0.39 is 10.0 Å². The number of benzene rings is 1. The molecule has 0 fully saturated rings. The number of hydrogen-bond acceptors (Lipinski definition) is 7. The summed E-state index contributed by atoms with van der Waals surface area (Å²) in [4.78, 5) is 4.14. The van der Waals surface area contributed by atoms with E-state index in [2.05, 4.69) is 19.9 Å². The fourth-order valence-corrected chi connectivity index (χ4v) is 3.64. The van der Waals surface area contributed by atoms with Crippen molar-refractivity contribution in [2.45, 2.75) is 18.2 Å². The molecule has 0 unspecified atom stereocenters. The minimum Gasteiger partial charge on any atom is -0.497 e. The third-order valence-corrected chi connectivity index (χ3v) is 5.32. The fourth-order valence-electron chi connectivity index (χ4n) is 2.39. The molecule has 0 amide bonds. The van der Waals surface area contributed by atoms with E-state index in [9.17, 15) is 8.42 Å². The van der Waals surface area contributed by atoms with E-state index in [1.54, 1.807) is 43.6 Å². The van der Waals surface area contributed by atoms with Crippen LogP contribution in [0.5, 0.6) is 5.75 Å². The first kappa shape index (κ1) is 18.0. The van der Waals surface area contributed by atoms with Gasteiger partial charge in [-0.2, -0.15) is 0 Å². The Bertz CT molecular complexity index is 987. The van der Waals surface area contributed by atoms with Crippen molar-refractivity contribution in [3.8, 4) is 17.2 Å². The Morgan fingerprint density at radius 1 is 1.15 bits per heavy atom. The SMILES string of the molecule is COc1ccc(S(=O)(=O)NCCc2nnc(-c3ccncc3)o2)c(C)c1. The molecule has 0 aliphatic rings. The lowest BCUT2D eigenvalue weighted by Gasteiger charge is -2.09. The lowest BCUT2D eigenvalue weighted by Crippen LogP contribution is -2.26. The minimum absolute atomic E-state index is 0.145. The van der Waals surface area contributed by atoms with Crippen molar-refractivity contribution < 1.29 is 17.6 Å². The zero-order valence-electron chi connectivity index (χ0n) is 14.3. The molecule has 0 radical (unpaired) electrons. The average Bonchev–Trinajstić information content (AvgIpc) is 3.11. The number of rotatable bonds is 7. The van der Waals surface area contributed by atoms with Gasteiger partial charge < -0.3 is 9.15 Å². The van der Waals surface area contributed by atoms with Crippen molar-refractivity contribution in [1.29, 1.82) is 0 Å². The second-order valence-electron chi connectivity index (χ2n) is 5.52. The summed E-state index contributed by atoms with van der Waals surface area (Å²) in [5.74, 6) is 1.33.